The molecule has 0 aromatic heterocycles. The maximum atomic E-state index is 14.1. The molecule has 0 bridgehead atoms. The summed E-state index contributed by atoms with van der Waals surface area (Å²) in [6.07, 6.45) is 0.638. The fraction of sp³-hybridized carbons (Fsp3) is 0.611. The van der Waals surface area contributed by atoms with Crippen LogP contribution < -0.4 is 37.6 Å². The number of nitrogens with two attached hydrogens (primary N) is 1. The number of carbonyl (C=O) groups is 8. The van der Waals surface area contributed by atoms with E-state index in [9.17, 15) is 43.5 Å². The van der Waals surface area contributed by atoms with Crippen LogP contribution in [-0.2, 0) is 44.8 Å². The zero-order valence-electron chi connectivity index (χ0n) is 31.0. The molecule has 8 atom stereocenters. The standard InChI is InChI=1S/C36H54N8O9/c1-6-20(4)29-36(53)44-14-10-13-27(44)35(52)41-24(16-22-11-8-7-9-12-22)32(49)40-25(17-28(37)46)33(50)42-26(18-45)34(51)39-23(15-19(2)3)31(48)38-21(5)30(47)43-29/h7-9,11-12,19-21,23-27,29,45H,6,10,13-18H2,1-5H3,(H2,37,46)(H,38,48)(H,39,51)(H,40,49)(H,41,52)(H,42,50)(H,43,47)/t20-,21-,23-,24-,25-,26-,27-,29+/m0/s1. The Labute approximate surface area is 309 Å². The van der Waals surface area contributed by atoms with Crippen molar-refractivity contribution in [2.45, 2.75) is 115 Å². The number of fused-ring (bicyclic) bond motifs is 1. The van der Waals surface area contributed by atoms with Crippen LogP contribution in [0.5, 0.6) is 0 Å². The maximum Gasteiger partial charge on any atom is 0.246 e. The molecule has 1 aromatic carbocycles. The van der Waals surface area contributed by atoms with Crippen molar-refractivity contribution in [3.05, 3.63) is 35.9 Å². The average Bonchev–Trinajstić information content (AvgIpc) is 3.61. The molecule has 0 saturated carbocycles. The summed E-state index contributed by atoms with van der Waals surface area (Å²) in [6.45, 7) is 7.95. The molecule has 0 radical (unpaired) electrons. The fourth-order valence-electron chi connectivity index (χ4n) is 6.27. The Hall–Kier alpha value is -5.06. The van der Waals surface area contributed by atoms with Crippen LogP contribution >= 0.6 is 0 Å². The Morgan fingerprint density at radius 2 is 1.36 bits per heavy atom. The molecule has 2 saturated heterocycles. The lowest BCUT2D eigenvalue weighted by atomic mass is 9.96. The lowest BCUT2D eigenvalue weighted by Gasteiger charge is -2.32. The van der Waals surface area contributed by atoms with Crippen molar-refractivity contribution in [2.75, 3.05) is 13.2 Å². The molecule has 8 amide bonds. The van der Waals surface area contributed by atoms with Crippen LogP contribution in [0.4, 0.5) is 0 Å². The van der Waals surface area contributed by atoms with E-state index in [0.717, 1.165) is 0 Å². The van der Waals surface area contributed by atoms with Crippen LogP contribution in [-0.4, -0.2) is 113 Å². The quantitative estimate of drug-likeness (QED) is 0.141. The average molecular weight is 743 g/mol. The summed E-state index contributed by atoms with van der Waals surface area (Å²) in [6, 6.07) is -0.237. The topological polar surface area (TPSA) is 258 Å². The molecule has 2 aliphatic rings. The van der Waals surface area contributed by atoms with Gasteiger partial charge < -0.3 is 47.6 Å². The number of aliphatic hydroxyl groups excluding tert-OH is 1. The molecule has 0 spiro atoms. The second kappa shape index (κ2) is 19.7. The van der Waals surface area contributed by atoms with E-state index in [1.807, 2.05) is 6.92 Å². The van der Waals surface area contributed by atoms with Crippen LogP contribution in [0.3, 0.4) is 0 Å². The van der Waals surface area contributed by atoms with E-state index < -0.39 is 103 Å². The van der Waals surface area contributed by atoms with Gasteiger partial charge in [-0.25, -0.2) is 0 Å². The Kier molecular flexibility index (Phi) is 15.7. The van der Waals surface area contributed by atoms with E-state index in [1.165, 1.54) is 11.8 Å². The number of carbonyl (C=O) groups excluding carboxylic acids is 8. The third-order valence-corrected chi connectivity index (χ3v) is 9.48. The van der Waals surface area contributed by atoms with Crippen LogP contribution in [0.15, 0.2) is 30.3 Å². The van der Waals surface area contributed by atoms with Gasteiger partial charge in [0.25, 0.3) is 0 Å². The van der Waals surface area contributed by atoms with Crippen LogP contribution in [0.25, 0.3) is 0 Å². The Morgan fingerprint density at radius 3 is 1.96 bits per heavy atom. The SMILES string of the molecule is CC[C@H](C)[C@H]1NC(=O)[C@H](C)NC(=O)[C@H](CC(C)C)NC(=O)[C@H](CO)NC(=O)[C@H](CC(N)=O)NC(=O)[C@H](Cc2ccccc2)NC(=O)[C@@H]2CCCN2C1=O. The van der Waals surface area contributed by atoms with E-state index in [0.29, 0.717) is 18.4 Å². The third-order valence-electron chi connectivity index (χ3n) is 9.48. The molecule has 9 N–H and O–H groups in total. The number of nitrogens with one attached hydrogen (secondary N) is 6. The molecule has 0 aliphatic carbocycles. The van der Waals surface area contributed by atoms with Crippen LogP contribution in [0.1, 0.15) is 72.3 Å². The summed E-state index contributed by atoms with van der Waals surface area (Å²) in [5.41, 5.74) is 6.06. The van der Waals surface area contributed by atoms with Crippen molar-refractivity contribution in [3.8, 4) is 0 Å². The zero-order valence-corrected chi connectivity index (χ0v) is 31.0. The van der Waals surface area contributed by atoms with Gasteiger partial charge in [0.15, 0.2) is 0 Å². The lowest BCUT2D eigenvalue weighted by molar-refractivity contribution is -0.143. The molecule has 292 valence electrons. The van der Waals surface area contributed by atoms with E-state index in [4.69, 9.17) is 5.73 Å². The van der Waals surface area contributed by atoms with E-state index >= 15 is 0 Å². The molecular weight excluding hydrogens is 688 g/mol. The summed E-state index contributed by atoms with van der Waals surface area (Å²) in [5, 5.41) is 25.4. The second-order valence-electron chi connectivity index (χ2n) is 14.2. The number of primary amides is 1. The zero-order chi connectivity index (χ0) is 39.4. The van der Waals surface area contributed by atoms with Crippen molar-refractivity contribution in [2.24, 2.45) is 17.6 Å². The van der Waals surface area contributed by atoms with E-state index in [2.05, 4.69) is 31.9 Å². The van der Waals surface area contributed by atoms with Crippen molar-refractivity contribution in [1.29, 1.82) is 0 Å². The minimum absolute atomic E-state index is 0.0344. The molecule has 17 nitrogen and oxygen atoms in total. The highest BCUT2D eigenvalue weighted by molar-refractivity contribution is 5.99. The maximum absolute atomic E-state index is 14.1. The fourth-order valence-corrected chi connectivity index (χ4v) is 6.27. The summed E-state index contributed by atoms with van der Waals surface area (Å²) in [5.74, 6) is -6.85. The molecule has 2 heterocycles. The molecule has 0 unspecified atom stereocenters. The highest BCUT2D eigenvalue weighted by Crippen LogP contribution is 2.22. The van der Waals surface area contributed by atoms with Crippen molar-refractivity contribution in [1.82, 2.24) is 36.8 Å². The van der Waals surface area contributed by atoms with Gasteiger partial charge in [0.2, 0.25) is 47.3 Å². The predicted octanol–water partition coefficient (Wildman–Crippen LogP) is -1.88. The third kappa shape index (κ3) is 12.0. The van der Waals surface area contributed by atoms with Gasteiger partial charge >= 0.3 is 0 Å². The first-order valence-corrected chi connectivity index (χ1v) is 18.1. The molecular formula is C36H54N8O9. The molecule has 2 fully saturated rings. The first kappa shape index (κ1) is 42.4. The van der Waals surface area contributed by atoms with Gasteiger partial charge in [-0.05, 0) is 43.6 Å². The van der Waals surface area contributed by atoms with Gasteiger partial charge in [-0.2, -0.15) is 0 Å². The van der Waals surface area contributed by atoms with E-state index in [-0.39, 0.29) is 37.6 Å². The lowest BCUT2D eigenvalue weighted by Crippen LogP contribution is -2.60. The van der Waals surface area contributed by atoms with Crippen molar-refractivity contribution < 1.29 is 43.5 Å². The van der Waals surface area contributed by atoms with Gasteiger partial charge in [-0.3, -0.25) is 38.4 Å². The number of rotatable bonds is 9. The molecule has 53 heavy (non-hydrogen) atoms. The van der Waals surface area contributed by atoms with Gasteiger partial charge in [-0.1, -0.05) is 64.4 Å². The van der Waals surface area contributed by atoms with Gasteiger partial charge in [0, 0.05) is 13.0 Å². The number of hydrogen-bond acceptors (Lipinski definition) is 9. The van der Waals surface area contributed by atoms with Crippen molar-refractivity contribution >= 4 is 47.3 Å². The minimum atomic E-state index is -1.63. The minimum Gasteiger partial charge on any atom is -0.394 e. The number of hydrogen-bond donors (Lipinski definition) is 8. The van der Waals surface area contributed by atoms with Crippen LogP contribution in [0.2, 0.25) is 0 Å². The van der Waals surface area contributed by atoms with E-state index in [1.54, 1.807) is 51.1 Å². The van der Waals surface area contributed by atoms with Gasteiger partial charge in [0.05, 0.1) is 13.0 Å². The predicted molar refractivity (Wildman–Crippen MR) is 192 cm³/mol. The molecule has 1 aromatic rings. The first-order chi connectivity index (χ1) is 25.1. The smallest absolute Gasteiger partial charge is 0.246 e. The molecule has 17 heteroatoms. The largest absolute Gasteiger partial charge is 0.394 e. The summed E-state index contributed by atoms with van der Waals surface area (Å²) in [7, 11) is 0. The number of aliphatic hydroxyl groups is 1. The number of amides is 8. The highest BCUT2D eigenvalue weighted by atomic mass is 16.3. The van der Waals surface area contributed by atoms with Gasteiger partial charge in [0.1, 0.15) is 42.3 Å². The normalized spacial score (nSPS) is 27.6. The number of nitrogens with zero attached hydrogens (tertiary/aromatic N) is 1. The van der Waals surface area contributed by atoms with Crippen LogP contribution in [0, 0.1) is 11.8 Å². The Bertz CT molecular complexity index is 1510. The molecule has 3 rings (SSSR count). The van der Waals surface area contributed by atoms with Crippen molar-refractivity contribution in [3.63, 3.8) is 0 Å². The monoisotopic (exact) mass is 742 g/mol. The highest BCUT2D eigenvalue weighted by Gasteiger charge is 2.41. The number of benzene rings is 1. The summed E-state index contributed by atoms with van der Waals surface area (Å²) >= 11 is 0. The first-order valence-electron chi connectivity index (χ1n) is 18.1. The van der Waals surface area contributed by atoms with Gasteiger partial charge in [-0.15, -0.1) is 0 Å². The second-order valence-corrected chi connectivity index (χ2v) is 14.2. The Balaban J connectivity index is 2.08. The molecule has 2 aliphatic heterocycles. The summed E-state index contributed by atoms with van der Waals surface area (Å²) < 4.78 is 0. The summed E-state index contributed by atoms with van der Waals surface area (Å²) in [4.78, 5) is 109. The Morgan fingerprint density at radius 1 is 0.792 bits per heavy atom.